The number of hydrogen-bond donors (Lipinski definition) is 1. The summed E-state index contributed by atoms with van der Waals surface area (Å²) in [4.78, 5) is 0.274. The minimum atomic E-state index is -3.27. The van der Waals surface area contributed by atoms with E-state index >= 15 is 0 Å². The summed E-state index contributed by atoms with van der Waals surface area (Å²) in [5, 5.41) is 11.9. The molecule has 19 heavy (non-hydrogen) atoms. The van der Waals surface area contributed by atoms with Crippen molar-refractivity contribution in [3.05, 3.63) is 29.8 Å². The summed E-state index contributed by atoms with van der Waals surface area (Å²) in [6.07, 6.45) is 2.12. The van der Waals surface area contributed by atoms with Gasteiger partial charge in [-0.1, -0.05) is 13.3 Å². The van der Waals surface area contributed by atoms with Crippen LogP contribution in [0.15, 0.2) is 29.2 Å². The second-order valence-electron chi connectivity index (χ2n) is 4.60. The summed E-state index contributed by atoms with van der Waals surface area (Å²) in [5.41, 5.74) is 0.466. The molecule has 1 N–H and O–H groups in total. The first-order valence-electron chi connectivity index (χ1n) is 6.46. The summed E-state index contributed by atoms with van der Waals surface area (Å²) in [7, 11) is -3.27. The topological polar surface area (TPSA) is 70.0 Å². The minimum absolute atomic E-state index is 0.0763. The van der Waals surface area contributed by atoms with Crippen LogP contribution in [0.3, 0.4) is 0 Å². The van der Waals surface area contributed by atoms with Crippen molar-refractivity contribution in [1.29, 1.82) is 5.26 Å². The molecule has 0 aliphatic heterocycles. The molecule has 0 spiro atoms. The Hall–Kier alpha value is -1.38. The molecule has 5 heteroatoms. The van der Waals surface area contributed by atoms with Gasteiger partial charge in [0.15, 0.2) is 9.84 Å². The molecule has 1 aromatic rings. The Bertz CT molecular complexity index is 530. The van der Waals surface area contributed by atoms with Crippen molar-refractivity contribution in [2.75, 3.05) is 12.3 Å². The maximum Gasteiger partial charge on any atom is 0.179 e. The molecule has 0 aliphatic carbocycles. The minimum Gasteiger partial charge on any atom is -0.313 e. The normalized spacial score (nSPS) is 12.9. The Morgan fingerprint density at radius 1 is 1.32 bits per heavy atom. The van der Waals surface area contributed by atoms with E-state index in [1.54, 1.807) is 0 Å². The van der Waals surface area contributed by atoms with Gasteiger partial charge in [-0.3, -0.25) is 0 Å². The molecule has 0 amide bonds. The van der Waals surface area contributed by atoms with Crippen molar-refractivity contribution < 1.29 is 8.42 Å². The van der Waals surface area contributed by atoms with E-state index in [1.165, 1.54) is 24.3 Å². The van der Waals surface area contributed by atoms with Crippen molar-refractivity contribution in [2.24, 2.45) is 0 Å². The highest BCUT2D eigenvalue weighted by Crippen LogP contribution is 2.11. The van der Waals surface area contributed by atoms with Gasteiger partial charge in [0.05, 0.1) is 22.3 Å². The van der Waals surface area contributed by atoms with E-state index in [4.69, 9.17) is 5.26 Å². The second kappa shape index (κ2) is 7.27. The molecule has 0 aromatic heterocycles. The number of nitrogens with zero attached hydrogens (tertiary/aromatic N) is 1. The van der Waals surface area contributed by atoms with Crippen LogP contribution < -0.4 is 5.32 Å². The van der Waals surface area contributed by atoms with Gasteiger partial charge in [0.25, 0.3) is 0 Å². The number of rotatable bonds is 7. The number of hydrogen-bond acceptors (Lipinski definition) is 4. The molecule has 0 fully saturated rings. The quantitative estimate of drug-likeness (QED) is 0.830. The third-order valence-electron chi connectivity index (χ3n) is 2.93. The number of sulfone groups is 1. The van der Waals surface area contributed by atoms with Crippen molar-refractivity contribution in [3.8, 4) is 6.07 Å². The van der Waals surface area contributed by atoms with Crippen LogP contribution in [-0.2, 0) is 9.84 Å². The average molecular weight is 280 g/mol. The summed E-state index contributed by atoms with van der Waals surface area (Å²) >= 11 is 0. The Morgan fingerprint density at radius 2 is 1.95 bits per heavy atom. The molecule has 1 unspecified atom stereocenters. The molecule has 0 bridgehead atoms. The maximum atomic E-state index is 12.0. The van der Waals surface area contributed by atoms with Crippen LogP contribution in [0.2, 0.25) is 0 Å². The van der Waals surface area contributed by atoms with Crippen molar-refractivity contribution >= 4 is 9.84 Å². The van der Waals surface area contributed by atoms with Gasteiger partial charge in [0.2, 0.25) is 0 Å². The monoisotopic (exact) mass is 280 g/mol. The maximum absolute atomic E-state index is 12.0. The van der Waals surface area contributed by atoms with Crippen molar-refractivity contribution in [3.63, 3.8) is 0 Å². The third kappa shape index (κ3) is 5.01. The lowest BCUT2D eigenvalue weighted by molar-refractivity contribution is 0.520. The molecule has 104 valence electrons. The van der Waals surface area contributed by atoms with E-state index in [0.717, 1.165) is 12.8 Å². The summed E-state index contributed by atoms with van der Waals surface area (Å²) in [6, 6.07) is 8.34. The molecule has 0 heterocycles. The highest BCUT2D eigenvalue weighted by molar-refractivity contribution is 7.91. The van der Waals surface area contributed by atoms with Crippen LogP contribution in [0.1, 0.15) is 32.3 Å². The largest absolute Gasteiger partial charge is 0.313 e. The van der Waals surface area contributed by atoms with Gasteiger partial charge in [-0.25, -0.2) is 8.42 Å². The van der Waals surface area contributed by atoms with E-state index in [2.05, 4.69) is 19.2 Å². The Balaban J connectivity index is 2.58. The smallest absolute Gasteiger partial charge is 0.179 e. The number of nitrogens with one attached hydrogen (secondary N) is 1. The fraction of sp³-hybridized carbons (Fsp3) is 0.500. The number of nitriles is 1. The first-order valence-corrected chi connectivity index (χ1v) is 8.11. The average Bonchev–Trinajstić information content (AvgIpc) is 2.39. The third-order valence-corrected chi connectivity index (χ3v) is 4.66. The molecule has 1 aromatic carbocycles. The van der Waals surface area contributed by atoms with Crippen molar-refractivity contribution in [1.82, 2.24) is 5.32 Å². The fourth-order valence-corrected chi connectivity index (χ4v) is 3.00. The lowest BCUT2D eigenvalue weighted by Gasteiger charge is -2.12. The lowest BCUT2D eigenvalue weighted by Crippen LogP contribution is -2.30. The van der Waals surface area contributed by atoms with Gasteiger partial charge >= 0.3 is 0 Å². The Morgan fingerprint density at radius 3 is 2.47 bits per heavy atom. The van der Waals surface area contributed by atoms with E-state index in [9.17, 15) is 8.42 Å². The predicted molar refractivity (Wildman–Crippen MR) is 75.6 cm³/mol. The van der Waals surface area contributed by atoms with Gasteiger partial charge in [-0.2, -0.15) is 5.26 Å². The molecular weight excluding hydrogens is 260 g/mol. The van der Waals surface area contributed by atoms with Gasteiger partial charge in [0, 0.05) is 12.6 Å². The van der Waals surface area contributed by atoms with Crippen LogP contribution in [0, 0.1) is 11.3 Å². The Kier molecular flexibility index (Phi) is 6.00. The zero-order chi connectivity index (χ0) is 14.3. The molecular formula is C14H20N2O2S. The predicted octanol–water partition coefficient (Wildman–Crippen LogP) is 2.11. The van der Waals surface area contributed by atoms with Crippen LogP contribution >= 0.6 is 0 Å². The highest BCUT2D eigenvalue weighted by Gasteiger charge is 2.14. The van der Waals surface area contributed by atoms with E-state index in [-0.39, 0.29) is 10.6 Å². The van der Waals surface area contributed by atoms with E-state index < -0.39 is 9.84 Å². The molecule has 0 saturated carbocycles. The van der Waals surface area contributed by atoms with E-state index in [0.29, 0.717) is 18.2 Å². The molecule has 0 aliphatic rings. The second-order valence-corrected chi connectivity index (χ2v) is 6.71. The van der Waals surface area contributed by atoms with Crippen molar-refractivity contribution in [2.45, 2.75) is 37.6 Å². The summed E-state index contributed by atoms with van der Waals surface area (Å²) in [5.74, 6) is 0.0763. The van der Waals surface area contributed by atoms with E-state index in [1.807, 2.05) is 6.07 Å². The van der Waals surface area contributed by atoms with Gasteiger partial charge in [0.1, 0.15) is 0 Å². The molecule has 0 saturated heterocycles. The van der Waals surface area contributed by atoms with Gasteiger partial charge in [-0.15, -0.1) is 0 Å². The highest BCUT2D eigenvalue weighted by atomic mass is 32.2. The van der Waals surface area contributed by atoms with Crippen LogP contribution in [0.25, 0.3) is 0 Å². The first-order chi connectivity index (χ1) is 8.99. The molecule has 0 radical (unpaired) electrons. The first kappa shape index (κ1) is 15.7. The number of benzene rings is 1. The van der Waals surface area contributed by atoms with Crippen LogP contribution in [0.5, 0.6) is 0 Å². The molecule has 1 rings (SSSR count). The Labute approximate surface area is 115 Å². The van der Waals surface area contributed by atoms with Gasteiger partial charge in [-0.05, 0) is 37.6 Å². The van der Waals surface area contributed by atoms with Crippen LogP contribution in [-0.4, -0.2) is 26.8 Å². The molecule has 1 atom stereocenters. The SMILES string of the molecule is CCCC(C)NCCS(=O)(=O)c1ccc(C#N)cc1. The lowest BCUT2D eigenvalue weighted by atomic mass is 10.2. The summed E-state index contributed by atoms with van der Waals surface area (Å²) in [6.45, 7) is 4.60. The van der Waals surface area contributed by atoms with Crippen LogP contribution in [0.4, 0.5) is 0 Å². The molecule has 4 nitrogen and oxygen atoms in total. The fourth-order valence-electron chi connectivity index (χ4n) is 1.83. The summed E-state index contributed by atoms with van der Waals surface area (Å²) < 4.78 is 24.1. The zero-order valence-corrected chi connectivity index (χ0v) is 12.2. The standard InChI is InChI=1S/C14H20N2O2S/c1-3-4-12(2)16-9-10-19(17,18)14-7-5-13(11-15)6-8-14/h5-8,12,16H,3-4,9-10H2,1-2H3. The zero-order valence-electron chi connectivity index (χ0n) is 11.4. The van der Waals surface area contributed by atoms with Gasteiger partial charge < -0.3 is 5.32 Å².